The van der Waals surface area contributed by atoms with Crippen LogP contribution in [-0.4, -0.2) is 38.8 Å². The van der Waals surface area contributed by atoms with Crippen molar-refractivity contribution in [2.75, 3.05) is 13.7 Å². The number of benzene rings is 2. The van der Waals surface area contributed by atoms with Crippen molar-refractivity contribution >= 4 is 11.4 Å². The molecule has 198 valence electrons. The average molecular weight is 525 g/mol. The lowest BCUT2D eigenvalue weighted by atomic mass is 10.0. The Morgan fingerprint density at radius 1 is 1.08 bits per heavy atom. The average Bonchev–Trinajstić information content (AvgIpc) is 3.74. The summed E-state index contributed by atoms with van der Waals surface area (Å²) in [6.07, 6.45) is 8.78. The fourth-order valence-electron chi connectivity index (χ4n) is 5.34. The Morgan fingerprint density at radius 2 is 1.87 bits per heavy atom. The molecule has 0 spiro atoms. The Balaban J connectivity index is 1.41. The smallest absolute Gasteiger partial charge is 0.299 e. The van der Waals surface area contributed by atoms with Gasteiger partial charge >= 0.3 is 0 Å². The monoisotopic (exact) mass is 524 g/mol. The molecule has 0 N–H and O–H groups in total. The normalized spacial score (nSPS) is 17.0. The maximum absolute atomic E-state index is 14.6. The number of ether oxygens (including phenoxy) is 2. The first kappa shape index (κ1) is 24.9. The van der Waals surface area contributed by atoms with Crippen molar-refractivity contribution in [1.29, 1.82) is 0 Å². The minimum atomic E-state index is -0.548. The molecular formula is C31H29FN4O3. The molecule has 39 heavy (non-hydrogen) atoms. The van der Waals surface area contributed by atoms with Crippen LogP contribution in [-0.2, 0) is 4.79 Å². The second-order valence-corrected chi connectivity index (χ2v) is 9.91. The first-order chi connectivity index (χ1) is 19.1. The molecule has 1 amide bonds. The highest BCUT2D eigenvalue weighted by Gasteiger charge is 2.34. The summed E-state index contributed by atoms with van der Waals surface area (Å²) in [5.74, 6) is 6.71. The summed E-state index contributed by atoms with van der Waals surface area (Å²) in [4.78, 5) is 24.7. The number of aromatic nitrogens is 3. The number of carbonyl (C=O) groups excluding carboxylic acids is 1. The van der Waals surface area contributed by atoms with Gasteiger partial charge in [0.2, 0.25) is 5.82 Å². The van der Waals surface area contributed by atoms with Gasteiger partial charge in [-0.05, 0) is 81.3 Å². The summed E-state index contributed by atoms with van der Waals surface area (Å²) in [6.45, 7) is 2.35. The minimum Gasteiger partial charge on any atom is -0.494 e. The number of rotatable bonds is 6. The van der Waals surface area contributed by atoms with E-state index in [9.17, 15) is 9.18 Å². The molecule has 2 aromatic carbocycles. The van der Waals surface area contributed by atoms with Crippen LogP contribution in [0.3, 0.4) is 0 Å². The van der Waals surface area contributed by atoms with Crippen molar-refractivity contribution in [2.24, 2.45) is 0 Å². The molecule has 1 saturated heterocycles. The fraction of sp³-hybridized carbons (Fsp3) is 0.323. The number of hydrogen-bond acceptors (Lipinski definition) is 5. The largest absolute Gasteiger partial charge is 0.494 e. The van der Waals surface area contributed by atoms with Gasteiger partial charge in [-0.1, -0.05) is 12.0 Å². The number of fused-ring (bicyclic) bond motifs is 1. The van der Waals surface area contributed by atoms with Gasteiger partial charge in [0.1, 0.15) is 11.6 Å². The van der Waals surface area contributed by atoms with Gasteiger partial charge in [0.25, 0.3) is 5.91 Å². The Bertz CT molecular complexity index is 1600. The van der Waals surface area contributed by atoms with Crippen LogP contribution >= 0.6 is 0 Å². The van der Waals surface area contributed by atoms with Crippen molar-refractivity contribution in [1.82, 2.24) is 19.3 Å². The zero-order valence-corrected chi connectivity index (χ0v) is 22.0. The third-order valence-corrected chi connectivity index (χ3v) is 7.37. The van der Waals surface area contributed by atoms with E-state index in [1.54, 1.807) is 37.3 Å². The SMILES string of the molecule is CC#CC(=O)N1CCCCC1c1nc(-c2ccc(Oc3cccc(OC)c3F)cc2)c2c(C3CC3)nccn12. The minimum absolute atomic E-state index is 0.0919. The van der Waals surface area contributed by atoms with E-state index in [0.717, 1.165) is 60.4 Å². The molecule has 1 saturated carbocycles. The van der Waals surface area contributed by atoms with Gasteiger partial charge in [0, 0.05) is 30.4 Å². The van der Waals surface area contributed by atoms with Crippen molar-refractivity contribution in [3.63, 3.8) is 0 Å². The molecule has 4 aromatic rings. The summed E-state index contributed by atoms with van der Waals surface area (Å²) in [7, 11) is 1.42. The molecule has 7 nitrogen and oxygen atoms in total. The highest BCUT2D eigenvalue weighted by Crippen LogP contribution is 2.44. The van der Waals surface area contributed by atoms with E-state index in [-0.39, 0.29) is 23.4 Å². The van der Waals surface area contributed by atoms with Crippen molar-refractivity contribution in [2.45, 2.75) is 51.0 Å². The van der Waals surface area contributed by atoms with Gasteiger partial charge < -0.3 is 14.4 Å². The third kappa shape index (κ3) is 4.69. The fourth-order valence-corrected chi connectivity index (χ4v) is 5.34. The quantitative estimate of drug-likeness (QED) is 0.277. The van der Waals surface area contributed by atoms with Gasteiger partial charge in [0.05, 0.1) is 30.1 Å². The third-order valence-electron chi connectivity index (χ3n) is 7.37. The van der Waals surface area contributed by atoms with E-state index in [0.29, 0.717) is 18.2 Å². The number of likely N-dealkylation sites (tertiary alicyclic amines) is 1. The molecule has 2 aliphatic rings. The van der Waals surface area contributed by atoms with Crippen LogP contribution in [0, 0.1) is 17.7 Å². The molecule has 1 atom stereocenters. The molecule has 0 radical (unpaired) electrons. The lowest BCUT2D eigenvalue weighted by Gasteiger charge is -2.33. The molecular weight excluding hydrogens is 495 g/mol. The molecule has 2 aromatic heterocycles. The number of methoxy groups -OCH3 is 1. The van der Waals surface area contributed by atoms with E-state index in [2.05, 4.69) is 16.2 Å². The molecule has 1 aliphatic heterocycles. The molecule has 3 heterocycles. The van der Waals surface area contributed by atoms with Crippen LogP contribution in [0.15, 0.2) is 54.9 Å². The van der Waals surface area contributed by atoms with E-state index in [1.165, 1.54) is 7.11 Å². The number of halogens is 1. The maximum Gasteiger partial charge on any atom is 0.299 e. The van der Waals surface area contributed by atoms with Gasteiger partial charge in [-0.3, -0.25) is 14.2 Å². The van der Waals surface area contributed by atoms with Crippen LogP contribution in [0.2, 0.25) is 0 Å². The second-order valence-electron chi connectivity index (χ2n) is 9.91. The molecule has 0 bridgehead atoms. The van der Waals surface area contributed by atoms with E-state index >= 15 is 0 Å². The zero-order chi connectivity index (χ0) is 26.9. The van der Waals surface area contributed by atoms with Gasteiger partial charge in [-0.2, -0.15) is 4.39 Å². The molecule has 2 fully saturated rings. The molecule has 6 rings (SSSR count). The van der Waals surface area contributed by atoms with Crippen LogP contribution in [0.1, 0.15) is 62.5 Å². The Morgan fingerprint density at radius 3 is 2.62 bits per heavy atom. The van der Waals surface area contributed by atoms with Gasteiger partial charge in [-0.15, -0.1) is 0 Å². The van der Waals surface area contributed by atoms with E-state index < -0.39 is 5.82 Å². The zero-order valence-electron chi connectivity index (χ0n) is 22.0. The van der Waals surface area contributed by atoms with Crippen molar-refractivity contribution in [3.05, 3.63) is 72.2 Å². The Labute approximate surface area is 226 Å². The topological polar surface area (TPSA) is 69.0 Å². The number of nitrogens with zero attached hydrogens (tertiary/aromatic N) is 4. The van der Waals surface area contributed by atoms with E-state index in [1.807, 2.05) is 29.4 Å². The summed E-state index contributed by atoms with van der Waals surface area (Å²) in [5.41, 5.74) is 3.72. The number of piperidine rings is 1. The second kappa shape index (κ2) is 10.4. The number of carbonyl (C=O) groups is 1. The highest BCUT2D eigenvalue weighted by atomic mass is 19.1. The van der Waals surface area contributed by atoms with Crippen molar-refractivity contribution in [3.8, 4) is 40.3 Å². The Hall–Kier alpha value is -4.38. The van der Waals surface area contributed by atoms with Gasteiger partial charge in [-0.25, -0.2) is 4.98 Å². The van der Waals surface area contributed by atoms with Crippen LogP contribution in [0.4, 0.5) is 4.39 Å². The highest BCUT2D eigenvalue weighted by molar-refractivity contribution is 5.93. The van der Waals surface area contributed by atoms with Crippen LogP contribution in [0.25, 0.3) is 16.8 Å². The predicted molar refractivity (Wildman–Crippen MR) is 145 cm³/mol. The van der Waals surface area contributed by atoms with Crippen molar-refractivity contribution < 1.29 is 18.7 Å². The lowest BCUT2D eigenvalue weighted by Crippen LogP contribution is -2.38. The maximum atomic E-state index is 14.6. The van der Waals surface area contributed by atoms with Crippen LogP contribution < -0.4 is 9.47 Å². The molecule has 1 aliphatic carbocycles. The molecule has 1 unspecified atom stereocenters. The standard InChI is InChI=1S/C31H29FN4O3/c1-3-7-26(37)35-18-5-4-8-23(35)31-34-29(30-28(20-11-12-20)33-17-19-36(30)31)21-13-15-22(16-14-21)39-25-10-6-9-24(38-2)27(25)32/h6,9-10,13-17,19-20,23H,4-5,8,11-12,18H2,1-2H3. The lowest BCUT2D eigenvalue weighted by molar-refractivity contribution is -0.129. The first-order valence-electron chi connectivity index (χ1n) is 13.3. The first-order valence-corrected chi connectivity index (χ1v) is 13.3. The predicted octanol–water partition coefficient (Wildman–Crippen LogP) is 6.29. The summed E-state index contributed by atoms with van der Waals surface area (Å²) in [5, 5.41) is 0. The summed E-state index contributed by atoms with van der Waals surface area (Å²) >= 11 is 0. The van der Waals surface area contributed by atoms with Gasteiger partial charge in [0.15, 0.2) is 11.5 Å². The summed E-state index contributed by atoms with van der Waals surface area (Å²) in [6, 6.07) is 12.1. The number of imidazole rings is 1. The number of hydrogen-bond donors (Lipinski definition) is 0. The van der Waals surface area contributed by atoms with Crippen LogP contribution in [0.5, 0.6) is 17.2 Å². The molecule has 8 heteroatoms. The van der Waals surface area contributed by atoms with E-state index in [4.69, 9.17) is 19.4 Å². The number of amides is 1. The Kier molecular flexibility index (Phi) is 6.65. The summed E-state index contributed by atoms with van der Waals surface area (Å²) < 4.78 is 27.6.